The standard InChI is InChI=1S/C14H13FN4O/c1-3-11-14(13(20)4-2)17-18-19(11)12-6-5-9(8-16)7-10(12)15/h5-7H,3-4H2,1-2H3. The van der Waals surface area contributed by atoms with Crippen LogP contribution >= 0.6 is 0 Å². The number of nitrogens with zero attached hydrogens (tertiary/aromatic N) is 4. The highest BCUT2D eigenvalue weighted by atomic mass is 19.1. The maximum atomic E-state index is 14.0. The molecule has 5 nitrogen and oxygen atoms in total. The molecular formula is C14H13FN4O. The molecule has 1 heterocycles. The number of nitriles is 1. The van der Waals surface area contributed by atoms with Gasteiger partial charge in [-0.15, -0.1) is 5.10 Å². The SMILES string of the molecule is CCC(=O)c1nnn(-c2ccc(C#N)cc2F)c1CC. The Morgan fingerprint density at radius 1 is 1.45 bits per heavy atom. The van der Waals surface area contributed by atoms with E-state index in [0.29, 0.717) is 18.5 Å². The van der Waals surface area contributed by atoms with Crippen LogP contribution in [0, 0.1) is 17.1 Å². The molecule has 0 aliphatic carbocycles. The lowest BCUT2D eigenvalue weighted by Crippen LogP contribution is -2.07. The second kappa shape index (κ2) is 5.61. The number of halogens is 1. The Morgan fingerprint density at radius 3 is 2.75 bits per heavy atom. The first kappa shape index (κ1) is 13.9. The van der Waals surface area contributed by atoms with Gasteiger partial charge in [0, 0.05) is 6.42 Å². The van der Waals surface area contributed by atoms with Gasteiger partial charge in [-0.05, 0) is 24.6 Å². The summed E-state index contributed by atoms with van der Waals surface area (Å²) in [6.07, 6.45) is 0.828. The van der Waals surface area contributed by atoms with E-state index in [-0.39, 0.29) is 22.7 Å². The van der Waals surface area contributed by atoms with Gasteiger partial charge in [-0.3, -0.25) is 4.79 Å². The minimum Gasteiger partial charge on any atom is -0.292 e. The number of hydrogen-bond acceptors (Lipinski definition) is 4. The molecule has 2 rings (SSSR count). The van der Waals surface area contributed by atoms with Gasteiger partial charge in [0.1, 0.15) is 11.5 Å². The minimum atomic E-state index is -0.570. The van der Waals surface area contributed by atoms with E-state index < -0.39 is 5.82 Å². The molecule has 1 aromatic carbocycles. The molecule has 0 aliphatic heterocycles. The zero-order chi connectivity index (χ0) is 14.7. The van der Waals surface area contributed by atoms with E-state index in [1.807, 2.05) is 13.0 Å². The Labute approximate surface area is 115 Å². The fourth-order valence-electron chi connectivity index (χ4n) is 1.94. The molecule has 0 saturated carbocycles. The lowest BCUT2D eigenvalue weighted by atomic mass is 10.1. The number of aromatic nitrogens is 3. The van der Waals surface area contributed by atoms with Crippen molar-refractivity contribution in [3.8, 4) is 11.8 Å². The van der Waals surface area contributed by atoms with Crippen molar-refractivity contribution in [2.45, 2.75) is 26.7 Å². The van der Waals surface area contributed by atoms with E-state index in [4.69, 9.17) is 5.26 Å². The van der Waals surface area contributed by atoms with E-state index in [0.717, 1.165) is 6.07 Å². The smallest absolute Gasteiger partial charge is 0.184 e. The summed E-state index contributed by atoms with van der Waals surface area (Å²) >= 11 is 0. The summed E-state index contributed by atoms with van der Waals surface area (Å²) in [6, 6.07) is 5.97. The first-order valence-corrected chi connectivity index (χ1v) is 6.30. The molecule has 0 saturated heterocycles. The summed E-state index contributed by atoms with van der Waals surface area (Å²) in [4.78, 5) is 11.8. The highest BCUT2D eigenvalue weighted by Crippen LogP contribution is 2.19. The average molecular weight is 272 g/mol. The second-order valence-electron chi connectivity index (χ2n) is 4.20. The Hall–Kier alpha value is -2.55. The summed E-state index contributed by atoms with van der Waals surface area (Å²) < 4.78 is 15.3. The van der Waals surface area contributed by atoms with Crippen molar-refractivity contribution < 1.29 is 9.18 Å². The maximum absolute atomic E-state index is 14.0. The fourth-order valence-corrected chi connectivity index (χ4v) is 1.94. The Kier molecular flexibility index (Phi) is 3.89. The normalized spacial score (nSPS) is 10.3. The number of Topliss-reactive ketones (excluding diaryl/α,β-unsaturated/α-hetero) is 1. The monoisotopic (exact) mass is 272 g/mol. The van der Waals surface area contributed by atoms with Crippen molar-refractivity contribution >= 4 is 5.78 Å². The van der Waals surface area contributed by atoms with Gasteiger partial charge in [-0.1, -0.05) is 19.1 Å². The van der Waals surface area contributed by atoms with Crippen LogP contribution in [0.15, 0.2) is 18.2 Å². The molecule has 0 spiro atoms. The van der Waals surface area contributed by atoms with Crippen molar-refractivity contribution in [3.63, 3.8) is 0 Å². The van der Waals surface area contributed by atoms with Gasteiger partial charge in [0.25, 0.3) is 0 Å². The second-order valence-corrected chi connectivity index (χ2v) is 4.20. The number of benzene rings is 1. The largest absolute Gasteiger partial charge is 0.292 e. The molecule has 20 heavy (non-hydrogen) atoms. The van der Waals surface area contributed by atoms with E-state index in [2.05, 4.69) is 10.3 Å². The zero-order valence-corrected chi connectivity index (χ0v) is 11.2. The third kappa shape index (κ3) is 2.30. The molecule has 2 aromatic rings. The summed E-state index contributed by atoms with van der Waals surface area (Å²) in [5.41, 5.74) is 1.26. The molecule has 0 radical (unpaired) electrons. The molecule has 0 amide bonds. The maximum Gasteiger partial charge on any atom is 0.184 e. The molecule has 0 unspecified atom stereocenters. The lowest BCUT2D eigenvalue weighted by Gasteiger charge is -2.06. The van der Waals surface area contributed by atoms with Crippen LogP contribution in [0.3, 0.4) is 0 Å². The molecule has 0 N–H and O–H groups in total. The number of ketones is 1. The van der Waals surface area contributed by atoms with Crippen molar-refractivity contribution in [1.29, 1.82) is 5.26 Å². The Morgan fingerprint density at radius 2 is 2.20 bits per heavy atom. The first-order chi connectivity index (χ1) is 9.62. The molecule has 1 aromatic heterocycles. The van der Waals surface area contributed by atoms with Gasteiger partial charge in [-0.2, -0.15) is 5.26 Å². The van der Waals surface area contributed by atoms with E-state index >= 15 is 0 Å². The van der Waals surface area contributed by atoms with Crippen molar-refractivity contribution in [1.82, 2.24) is 15.0 Å². The van der Waals surface area contributed by atoms with Crippen LogP contribution in [0.2, 0.25) is 0 Å². The molecule has 0 aliphatic rings. The highest BCUT2D eigenvalue weighted by molar-refractivity contribution is 5.95. The van der Waals surface area contributed by atoms with Gasteiger partial charge in [0.15, 0.2) is 11.5 Å². The molecule has 0 atom stereocenters. The number of rotatable bonds is 4. The van der Waals surface area contributed by atoms with Crippen LogP contribution in [0.5, 0.6) is 0 Å². The molecule has 6 heteroatoms. The van der Waals surface area contributed by atoms with Crippen molar-refractivity contribution in [2.24, 2.45) is 0 Å². The first-order valence-electron chi connectivity index (χ1n) is 6.30. The minimum absolute atomic E-state index is 0.123. The summed E-state index contributed by atoms with van der Waals surface area (Å²) in [6.45, 7) is 3.59. The van der Waals surface area contributed by atoms with Crippen LogP contribution in [0.4, 0.5) is 4.39 Å². The predicted molar refractivity (Wildman–Crippen MR) is 70.0 cm³/mol. The zero-order valence-electron chi connectivity index (χ0n) is 11.2. The number of carbonyl (C=O) groups excluding carboxylic acids is 1. The summed E-state index contributed by atoms with van der Waals surface area (Å²) in [7, 11) is 0. The van der Waals surface area contributed by atoms with Crippen LogP contribution in [-0.2, 0) is 6.42 Å². The Balaban J connectivity index is 2.57. The van der Waals surface area contributed by atoms with Gasteiger partial charge < -0.3 is 0 Å². The third-order valence-corrected chi connectivity index (χ3v) is 2.99. The lowest BCUT2D eigenvalue weighted by molar-refractivity contribution is 0.0982. The molecular weight excluding hydrogens is 259 g/mol. The van der Waals surface area contributed by atoms with Crippen molar-refractivity contribution in [2.75, 3.05) is 0 Å². The highest BCUT2D eigenvalue weighted by Gasteiger charge is 2.19. The van der Waals surface area contributed by atoms with Gasteiger partial charge in [-0.25, -0.2) is 9.07 Å². The van der Waals surface area contributed by atoms with Crippen molar-refractivity contribution in [3.05, 3.63) is 41.0 Å². The van der Waals surface area contributed by atoms with Crippen LogP contribution in [0.25, 0.3) is 5.69 Å². The topological polar surface area (TPSA) is 71.6 Å². The molecule has 0 fully saturated rings. The molecule has 0 bridgehead atoms. The quantitative estimate of drug-likeness (QED) is 0.801. The number of hydrogen-bond donors (Lipinski definition) is 0. The summed E-state index contributed by atoms with van der Waals surface area (Å²) in [5, 5.41) is 16.5. The molecule has 102 valence electrons. The van der Waals surface area contributed by atoms with Crippen LogP contribution < -0.4 is 0 Å². The fraction of sp³-hybridized carbons (Fsp3) is 0.286. The van der Waals surface area contributed by atoms with Gasteiger partial charge in [0.2, 0.25) is 0 Å². The summed E-state index contributed by atoms with van der Waals surface area (Å²) in [5.74, 6) is -0.693. The van der Waals surface area contributed by atoms with E-state index in [9.17, 15) is 9.18 Å². The Bertz CT molecular complexity index is 700. The van der Waals surface area contributed by atoms with Crippen LogP contribution in [-0.4, -0.2) is 20.8 Å². The van der Waals surface area contributed by atoms with E-state index in [1.54, 1.807) is 6.92 Å². The average Bonchev–Trinajstić information content (AvgIpc) is 2.89. The van der Waals surface area contributed by atoms with Gasteiger partial charge >= 0.3 is 0 Å². The van der Waals surface area contributed by atoms with Gasteiger partial charge in [0.05, 0.1) is 17.3 Å². The van der Waals surface area contributed by atoms with Crippen LogP contribution in [0.1, 0.15) is 42.0 Å². The van der Waals surface area contributed by atoms with E-state index in [1.165, 1.54) is 16.8 Å². The number of carbonyl (C=O) groups is 1. The third-order valence-electron chi connectivity index (χ3n) is 2.99. The predicted octanol–water partition coefficient (Wildman–Crippen LogP) is 2.43.